The Balaban J connectivity index is 1.72. The van der Waals surface area contributed by atoms with Crippen LogP contribution in [-0.2, 0) is 4.79 Å². The Morgan fingerprint density at radius 1 is 1.29 bits per heavy atom. The number of carbonyl (C=O) groups excluding carboxylic acids is 1. The molecular formula is C13H19BrClNO. The summed E-state index contributed by atoms with van der Waals surface area (Å²) in [6.07, 6.45) is 7.94. The highest BCUT2D eigenvalue weighted by Crippen LogP contribution is 2.64. The Bertz CT molecular complexity index is 332. The number of nitrogens with one attached hydrogen (secondary N) is 1. The van der Waals surface area contributed by atoms with Crippen LogP contribution in [0.4, 0.5) is 0 Å². The molecule has 0 aromatic heterocycles. The predicted molar refractivity (Wildman–Crippen MR) is 72.5 cm³/mol. The number of hydrogen-bond donors (Lipinski definition) is 1. The molecule has 4 rings (SSSR count). The molecule has 0 unspecified atom stereocenters. The van der Waals surface area contributed by atoms with Crippen molar-refractivity contribution in [3.63, 3.8) is 0 Å². The molecule has 0 heterocycles. The molecule has 0 aromatic rings. The van der Waals surface area contributed by atoms with Gasteiger partial charge in [-0.3, -0.25) is 4.79 Å². The van der Waals surface area contributed by atoms with Crippen LogP contribution in [0.3, 0.4) is 0 Å². The largest absolute Gasteiger partial charge is 0.355 e. The summed E-state index contributed by atoms with van der Waals surface area (Å²) in [4.78, 5) is 11.3. The summed E-state index contributed by atoms with van der Waals surface area (Å²) in [5.74, 6) is 1.82. The first-order valence-corrected chi connectivity index (χ1v) is 7.87. The Hall–Kier alpha value is 0.240. The van der Waals surface area contributed by atoms with E-state index >= 15 is 0 Å². The lowest BCUT2D eigenvalue weighted by molar-refractivity contribution is -0.120. The first-order chi connectivity index (χ1) is 8.03. The van der Waals surface area contributed by atoms with E-state index in [1.807, 2.05) is 0 Å². The zero-order valence-corrected chi connectivity index (χ0v) is 12.3. The second-order valence-electron chi connectivity index (χ2n) is 6.52. The zero-order chi connectivity index (χ0) is 12.1. The normalized spacial score (nSPS) is 47.2. The summed E-state index contributed by atoms with van der Waals surface area (Å²) in [5, 5.41) is 3.01. The molecule has 4 aliphatic rings. The molecule has 4 aliphatic carbocycles. The molecule has 2 nitrogen and oxygen atoms in total. The molecular weight excluding hydrogens is 302 g/mol. The van der Waals surface area contributed by atoms with E-state index in [0.29, 0.717) is 9.74 Å². The lowest BCUT2D eigenvalue weighted by atomic mass is 9.49. The lowest BCUT2D eigenvalue weighted by Crippen LogP contribution is -2.56. The van der Waals surface area contributed by atoms with E-state index in [2.05, 4.69) is 21.2 Å². The number of carbonyl (C=O) groups is 1. The highest BCUT2D eigenvalue weighted by Gasteiger charge is 2.56. The summed E-state index contributed by atoms with van der Waals surface area (Å²) >= 11 is 9.52. The summed E-state index contributed by atoms with van der Waals surface area (Å²) in [5.41, 5.74) is 0.356. The summed E-state index contributed by atoms with van der Waals surface area (Å²) in [6.45, 7) is 0.832. The van der Waals surface area contributed by atoms with E-state index in [1.165, 1.54) is 38.5 Å². The zero-order valence-electron chi connectivity index (χ0n) is 9.98. The van der Waals surface area contributed by atoms with Crippen LogP contribution in [0.1, 0.15) is 38.5 Å². The van der Waals surface area contributed by atoms with Gasteiger partial charge in [0.25, 0.3) is 0 Å². The van der Waals surface area contributed by atoms with Crippen molar-refractivity contribution >= 4 is 33.4 Å². The van der Waals surface area contributed by atoms with Gasteiger partial charge in [0.15, 0.2) is 0 Å². The second kappa shape index (κ2) is 4.12. The molecule has 0 spiro atoms. The minimum atomic E-state index is -0.0222. The van der Waals surface area contributed by atoms with Crippen molar-refractivity contribution in [3.8, 4) is 0 Å². The molecule has 1 amide bonds. The minimum Gasteiger partial charge on any atom is -0.355 e. The minimum absolute atomic E-state index is 0.0222. The van der Waals surface area contributed by atoms with Gasteiger partial charge in [0.2, 0.25) is 5.91 Å². The summed E-state index contributed by atoms with van der Waals surface area (Å²) < 4.78 is 0.378. The van der Waals surface area contributed by atoms with Gasteiger partial charge >= 0.3 is 0 Å². The van der Waals surface area contributed by atoms with Crippen LogP contribution < -0.4 is 5.32 Å². The van der Waals surface area contributed by atoms with Crippen molar-refractivity contribution in [3.05, 3.63) is 0 Å². The Labute approximate surface area is 116 Å². The molecule has 4 heteroatoms. The van der Waals surface area contributed by atoms with Gasteiger partial charge in [-0.25, -0.2) is 0 Å². The fourth-order valence-electron chi connectivity index (χ4n) is 4.88. The molecule has 4 bridgehead atoms. The van der Waals surface area contributed by atoms with Gasteiger partial charge < -0.3 is 5.32 Å². The lowest BCUT2D eigenvalue weighted by Gasteiger charge is -2.60. The maximum absolute atomic E-state index is 11.3. The van der Waals surface area contributed by atoms with Crippen LogP contribution in [0.15, 0.2) is 0 Å². The number of hydrogen-bond acceptors (Lipinski definition) is 1. The smallest absolute Gasteiger partial charge is 0.234 e. The van der Waals surface area contributed by atoms with Gasteiger partial charge in [0, 0.05) is 10.9 Å². The van der Waals surface area contributed by atoms with Gasteiger partial charge in [-0.2, -0.15) is 0 Å². The van der Waals surface area contributed by atoms with Gasteiger partial charge in [-0.1, -0.05) is 15.9 Å². The number of halogens is 2. The third-order valence-corrected chi connectivity index (χ3v) is 6.06. The summed E-state index contributed by atoms with van der Waals surface area (Å²) in [7, 11) is 0. The van der Waals surface area contributed by atoms with Crippen LogP contribution >= 0.6 is 27.5 Å². The van der Waals surface area contributed by atoms with Gasteiger partial charge in [-0.05, 0) is 55.8 Å². The van der Waals surface area contributed by atoms with Gasteiger partial charge in [0.1, 0.15) is 5.88 Å². The maximum Gasteiger partial charge on any atom is 0.234 e. The average molecular weight is 321 g/mol. The average Bonchev–Trinajstić information content (AvgIpc) is 2.22. The fraction of sp³-hybridized carbons (Fsp3) is 0.923. The standard InChI is InChI=1S/C13H19BrClNO/c14-13-4-9-1-10(5-13)3-12(2-9,7-13)8-16-11(17)6-15/h9-10H,1-8H2,(H,16,17)/t9-,10-,12?,13?/m0/s1. The van der Waals surface area contributed by atoms with Crippen molar-refractivity contribution in [1.82, 2.24) is 5.32 Å². The molecule has 17 heavy (non-hydrogen) atoms. The highest BCUT2D eigenvalue weighted by atomic mass is 79.9. The van der Waals surface area contributed by atoms with Crippen LogP contribution in [0.2, 0.25) is 0 Å². The molecule has 0 aliphatic heterocycles. The van der Waals surface area contributed by atoms with Crippen molar-refractivity contribution in [2.75, 3.05) is 12.4 Å². The quantitative estimate of drug-likeness (QED) is 0.796. The Morgan fingerprint density at radius 3 is 2.47 bits per heavy atom. The van der Waals surface area contributed by atoms with Crippen molar-refractivity contribution in [2.24, 2.45) is 17.3 Å². The van der Waals surface area contributed by atoms with E-state index in [0.717, 1.165) is 18.4 Å². The van der Waals surface area contributed by atoms with E-state index < -0.39 is 0 Å². The third kappa shape index (κ3) is 2.25. The first-order valence-electron chi connectivity index (χ1n) is 6.54. The maximum atomic E-state index is 11.3. The SMILES string of the molecule is O=C(CCl)NCC12C[C@@H]3C[C@H](CC(Br)(C3)C1)C2. The van der Waals surface area contributed by atoms with E-state index in [1.54, 1.807) is 0 Å². The van der Waals surface area contributed by atoms with Crippen molar-refractivity contribution < 1.29 is 4.79 Å². The fourth-order valence-corrected chi connectivity index (χ4v) is 6.48. The van der Waals surface area contributed by atoms with E-state index in [4.69, 9.17) is 11.6 Å². The van der Waals surface area contributed by atoms with Crippen LogP contribution in [-0.4, -0.2) is 22.7 Å². The van der Waals surface area contributed by atoms with Crippen LogP contribution in [0.25, 0.3) is 0 Å². The molecule has 4 saturated carbocycles. The van der Waals surface area contributed by atoms with Crippen LogP contribution in [0.5, 0.6) is 0 Å². The second-order valence-corrected chi connectivity index (χ2v) is 8.47. The highest BCUT2D eigenvalue weighted by molar-refractivity contribution is 9.10. The van der Waals surface area contributed by atoms with Gasteiger partial charge in [0.05, 0.1) is 0 Å². The molecule has 0 radical (unpaired) electrons. The van der Waals surface area contributed by atoms with Crippen molar-refractivity contribution in [1.29, 1.82) is 0 Å². The van der Waals surface area contributed by atoms with E-state index in [9.17, 15) is 4.79 Å². The van der Waals surface area contributed by atoms with Crippen molar-refractivity contribution in [2.45, 2.75) is 42.8 Å². The summed E-state index contributed by atoms with van der Waals surface area (Å²) in [6, 6.07) is 0. The van der Waals surface area contributed by atoms with Crippen LogP contribution in [0, 0.1) is 17.3 Å². The molecule has 4 fully saturated rings. The Morgan fingerprint density at radius 2 is 1.94 bits per heavy atom. The number of amides is 1. The molecule has 96 valence electrons. The molecule has 2 atom stereocenters. The topological polar surface area (TPSA) is 29.1 Å². The number of rotatable bonds is 3. The monoisotopic (exact) mass is 319 g/mol. The first kappa shape index (κ1) is 12.3. The molecule has 0 aromatic carbocycles. The predicted octanol–water partition coefficient (Wildman–Crippen LogP) is 3.08. The number of alkyl halides is 2. The third-order valence-electron chi connectivity index (χ3n) is 4.89. The van der Waals surface area contributed by atoms with Gasteiger partial charge in [-0.15, -0.1) is 11.6 Å². The molecule has 1 N–H and O–H groups in total. The Kier molecular flexibility index (Phi) is 2.98. The van der Waals surface area contributed by atoms with E-state index in [-0.39, 0.29) is 11.8 Å². The molecule has 0 saturated heterocycles.